The normalized spacial score (nSPS) is 13.1. The van der Waals surface area contributed by atoms with Crippen LogP contribution in [0.25, 0.3) is 0 Å². The van der Waals surface area contributed by atoms with Gasteiger partial charge in [-0.1, -0.05) is 29.3 Å². The molecule has 0 saturated heterocycles. The van der Waals surface area contributed by atoms with E-state index in [1.165, 1.54) is 16.9 Å². The molecule has 1 N–H and O–H groups in total. The molecule has 2 aromatic carbocycles. The Morgan fingerprint density at radius 2 is 2.00 bits per heavy atom. The SMILES string of the molecule is Cc1ccc(NC(=O)c2ccc(N3CCOc4ccc(Cl)cc43)s2)c(C)c1. The summed E-state index contributed by atoms with van der Waals surface area (Å²) >= 11 is 7.62. The van der Waals surface area contributed by atoms with Crippen LogP contribution in [-0.2, 0) is 0 Å². The molecule has 0 spiro atoms. The highest BCUT2D eigenvalue weighted by Gasteiger charge is 2.22. The second-order valence-corrected chi connectivity index (χ2v) is 8.02. The number of nitrogens with zero attached hydrogens (tertiary/aromatic N) is 1. The third-order valence-corrected chi connectivity index (χ3v) is 5.84. The predicted molar refractivity (Wildman–Crippen MR) is 112 cm³/mol. The van der Waals surface area contributed by atoms with Crippen LogP contribution in [0.4, 0.5) is 16.4 Å². The number of benzene rings is 2. The van der Waals surface area contributed by atoms with E-state index in [1.54, 1.807) is 0 Å². The Hall–Kier alpha value is -2.50. The number of hydrogen-bond donors (Lipinski definition) is 1. The van der Waals surface area contributed by atoms with E-state index in [0.717, 1.165) is 27.7 Å². The topological polar surface area (TPSA) is 41.6 Å². The Bertz CT molecular complexity index is 1020. The quantitative estimate of drug-likeness (QED) is 0.606. The average Bonchev–Trinajstić information content (AvgIpc) is 3.13. The fourth-order valence-corrected chi connectivity index (χ4v) is 4.26. The molecule has 138 valence electrons. The maximum Gasteiger partial charge on any atom is 0.265 e. The number of amides is 1. The largest absolute Gasteiger partial charge is 0.490 e. The number of aryl methyl sites for hydroxylation is 2. The van der Waals surface area contributed by atoms with Gasteiger partial charge in [-0.2, -0.15) is 0 Å². The first-order chi connectivity index (χ1) is 13.0. The van der Waals surface area contributed by atoms with E-state index in [0.29, 0.717) is 23.1 Å². The summed E-state index contributed by atoms with van der Waals surface area (Å²) in [6.07, 6.45) is 0. The van der Waals surface area contributed by atoms with Crippen LogP contribution in [0.3, 0.4) is 0 Å². The summed E-state index contributed by atoms with van der Waals surface area (Å²) in [5, 5.41) is 4.66. The molecule has 1 aliphatic rings. The van der Waals surface area contributed by atoms with Crippen molar-refractivity contribution in [3.63, 3.8) is 0 Å². The van der Waals surface area contributed by atoms with Crippen molar-refractivity contribution in [3.05, 3.63) is 69.6 Å². The molecule has 0 aliphatic carbocycles. The summed E-state index contributed by atoms with van der Waals surface area (Å²) in [6, 6.07) is 15.4. The summed E-state index contributed by atoms with van der Waals surface area (Å²) in [7, 11) is 0. The molecule has 4 nitrogen and oxygen atoms in total. The lowest BCUT2D eigenvalue weighted by Gasteiger charge is -2.30. The van der Waals surface area contributed by atoms with E-state index in [2.05, 4.69) is 16.3 Å². The van der Waals surface area contributed by atoms with Crippen LogP contribution in [-0.4, -0.2) is 19.1 Å². The van der Waals surface area contributed by atoms with Gasteiger partial charge in [0.1, 0.15) is 12.4 Å². The van der Waals surface area contributed by atoms with E-state index in [1.807, 2.05) is 56.3 Å². The number of anilines is 3. The van der Waals surface area contributed by atoms with Crippen molar-refractivity contribution in [1.29, 1.82) is 0 Å². The van der Waals surface area contributed by atoms with Gasteiger partial charge in [0.05, 0.1) is 22.1 Å². The molecular formula is C21H19ClN2O2S. The van der Waals surface area contributed by atoms with Gasteiger partial charge in [0.25, 0.3) is 5.91 Å². The lowest BCUT2D eigenvalue weighted by atomic mass is 10.1. The molecule has 0 atom stereocenters. The van der Waals surface area contributed by atoms with Crippen LogP contribution in [0, 0.1) is 13.8 Å². The van der Waals surface area contributed by atoms with Gasteiger partial charge < -0.3 is 15.0 Å². The van der Waals surface area contributed by atoms with Gasteiger partial charge in [0, 0.05) is 10.7 Å². The number of carbonyl (C=O) groups excluding carboxylic acids is 1. The number of rotatable bonds is 3. The average molecular weight is 399 g/mol. The summed E-state index contributed by atoms with van der Waals surface area (Å²) in [5.41, 5.74) is 3.99. The number of nitrogens with one attached hydrogen (secondary N) is 1. The van der Waals surface area contributed by atoms with Crippen LogP contribution >= 0.6 is 22.9 Å². The molecule has 1 amide bonds. The molecule has 0 radical (unpaired) electrons. The van der Waals surface area contributed by atoms with Crippen LogP contribution in [0.15, 0.2) is 48.5 Å². The highest BCUT2D eigenvalue weighted by molar-refractivity contribution is 7.18. The van der Waals surface area contributed by atoms with Crippen LogP contribution in [0.2, 0.25) is 5.02 Å². The Kier molecular flexibility index (Phi) is 4.81. The maximum atomic E-state index is 12.7. The molecule has 27 heavy (non-hydrogen) atoms. The molecule has 1 aromatic heterocycles. The number of ether oxygens (including phenoxy) is 1. The van der Waals surface area contributed by atoms with Gasteiger partial charge in [-0.25, -0.2) is 0 Å². The third kappa shape index (κ3) is 3.66. The van der Waals surface area contributed by atoms with Crippen LogP contribution < -0.4 is 15.0 Å². The lowest BCUT2D eigenvalue weighted by molar-refractivity contribution is 0.103. The maximum absolute atomic E-state index is 12.7. The van der Waals surface area contributed by atoms with Crippen LogP contribution in [0.5, 0.6) is 5.75 Å². The lowest BCUT2D eigenvalue weighted by Crippen LogP contribution is -2.27. The molecule has 6 heteroatoms. The second-order valence-electron chi connectivity index (χ2n) is 6.52. The Morgan fingerprint density at radius 3 is 2.81 bits per heavy atom. The molecule has 4 rings (SSSR count). The molecule has 2 heterocycles. The molecule has 0 saturated carbocycles. The van der Waals surface area contributed by atoms with E-state index in [9.17, 15) is 4.79 Å². The van der Waals surface area contributed by atoms with Crippen molar-refractivity contribution >= 4 is 45.2 Å². The van der Waals surface area contributed by atoms with Gasteiger partial charge in [-0.05, 0) is 55.8 Å². The molecule has 3 aromatic rings. The van der Waals surface area contributed by atoms with Crippen molar-refractivity contribution in [3.8, 4) is 5.75 Å². The van der Waals surface area contributed by atoms with E-state index in [-0.39, 0.29) is 5.91 Å². The second kappa shape index (κ2) is 7.25. The standard InChI is InChI=1S/C21H19ClN2O2S/c1-13-3-5-16(14(2)11-13)23-21(25)19-7-8-20(27-19)24-9-10-26-18-6-4-15(22)12-17(18)24/h3-8,11-12H,9-10H2,1-2H3,(H,23,25). The van der Waals surface area contributed by atoms with Crippen molar-refractivity contribution in [2.24, 2.45) is 0 Å². The van der Waals surface area contributed by atoms with E-state index < -0.39 is 0 Å². The van der Waals surface area contributed by atoms with Gasteiger partial charge >= 0.3 is 0 Å². The highest BCUT2D eigenvalue weighted by atomic mass is 35.5. The van der Waals surface area contributed by atoms with Crippen molar-refractivity contribution < 1.29 is 9.53 Å². The van der Waals surface area contributed by atoms with Gasteiger partial charge in [-0.3, -0.25) is 4.79 Å². The fourth-order valence-electron chi connectivity index (χ4n) is 3.15. The minimum atomic E-state index is -0.0993. The van der Waals surface area contributed by atoms with Gasteiger partial charge in [-0.15, -0.1) is 11.3 Å². The highest BCUT2D eigenvalue weighted by Crippen LogP contribution is 2.41. The first kappa shape index (κ1) is 17.9. The number of thiophene rings is 1. The number of fused-ring (bicyclic) bond motifs is 1. The summed E-state index contributed by atoms with van der Waals surface area (Å²) in [6.45, 7) is 5.34. The molecule has 0 fully saturated rings. The predicted octanol–water partition coefficient (Wildman–Crippen LogP) is 5.80. The van der Waals surface area contributed by atoms with Crippen LogP contribution in [0.1, 0.15) is 20.8 Å². The zero-order valence-electron chi connectivity index (χ0n) is 15.1. The van der Waals surface area contributed by atoms with Gasteiger partial charge in [0.2, 0.25) is 0 Å². The molecule has 0 unspecified atom stereocenters. The first-order valence-electron chi connectivity index (χ1n) is 8.69. The zero-order chi connectivity index (χ0) is 19.0. The summed E-state index contributed by atoms with van der Waals surface area (Å²) in [4.78, 5) is 15.5. The molecular weight excluding hydrogens is 380 g/mol. The zero-order valence-corrected chi connectivity index (χ0v) is 16.7. The minimum absolute atomic E-state index is 0.0993. The number of halogens is 1. The van der Waals surface area contributed by atoms with E-state index in [4.69, 9.17) is 16.3 Å². The Morgan fingerprint density at radius 1 is 1.15 bits per heavy atom. The monoisotopic (exact) mass is 398 g/mol. The van der Waals surface area contributed by atoms with Crippen molar-refractivity contribution in [1.82, 2.24) is 0 Å². The minimum Gasteiger partial charge on any atom is -0.490 e. The molecule has 1 aliphatic heterocycles. The van der Waals surface area contributed by atoms with Crippen molar-refractivity contribution in [2.45, 2.75) is 13.8 Å². The summed E-state index contributed by atoms with van der Waals surface area (Å²) in [5.74, 6) is 0.707. The first-order valence-corrected chi connectivity index (χ1v) is 9.89. The van der Waals surface area contributed by atoms with Crippen molar-refractivity contribution in [2.75, 3.05) is 23.4 Å². The Labute approximate surface area is 167 Å². The number of carbonyl (C=O) groups is 1. The van der Waals surface area contributed by atoms with Gasteiger partial charge in [0.15, 0.2) is 0 Å². The third-order valence-electron chi connectivity index (χ3n) is 4.50. The number of hydrogen-bond acceptors (Lipinski definition) is 4. The smallest absolute Gasteiger partial charge is 0.265 e. The Balaban J connectivity index is 1.57. The molecule has 0 bridgehead atoms. The summed E-state index contributed by atoms with van der Waals surface area (Å²) < 4.78 is 5.71. The van der Waals surface area contributed by atoms with E-state index >= 15 is 0 Å². The fraction of sp³-hybridized carbons (Fsp3) is 0.190.